The van der Waals surface area contributed by atoms with E-state index in [0.717, 1.165) is 28.3 Å². The van der Waals surface area contributed by atoms with Crippen molar-refractivity contribution in [3.63, 3.8) is 0 Å². The Balaban J connectivity index is 0.000000980. The van der Waals surface area contributed by atoms with Crippen LogP contribution in [0.5, 0.6) is 5.75 Å². The van der Waals surface area contributed by atoms with Gasteiger partial charge in [0, 0.05) is 23.0 Å². The van der Waals surface area contributed by atoms with Crippen LogP contribution in [0.25, 0.3) is 0 Å². The van der Waals surface area contributed by atoms with Gasteiger partial charge in [-0.2, -0.15) is 0 Å². The number of benzene rings is 1. The number of hydrogen-bond donors (Lipinski definition) is 1. The molecule has 2 nitrogen and oxygen atoms in total. The topological polar surface area (TPSA) is 35.2 Å². The number of halogens is 2. The zero-order valence-corrected chi connectivity index (χ0v) is 9.49. The van der Waals surface area contributed by atoms with E-state index in [2.05, 4.69) is 0 Å². The van der Waals surface area contributed by atoms with Crippen molar-refractivity contribution in [1.82, 2.24) is 0 Å². The summed E-state index contributed by atoms with van der Waals surface area (Å²) in [6.45, 7) is 2.69. The molecular weight excluding hydrogens is 221 g/mol. The molecule has 0 amide bonds. The van der Waals surface area contributed by atoms with Crippen LogP contribution in [-0.4, -0.2) is 6.61 Å². The summed E-state index contributed by atoms with van der Waals surface area (Å²) in [5.41, 5.74) is 8.05. The van der Waals surface area contributed by atoms with Crippen molar-refractivity contribution in [2.75, 3.05) is 6.61 Å². The second-order valence-electron chi connectivity index (χ2n) is 3.38. The minimum absolute atomic E-state index is 0. The smallest absolute Gasteiger partial charge is 0.127 e. The van der Waals surface area contributed by atoms with Crippen molar-refractivity contribution in [1.29, 1.82) is 0 Å². The molecular formula is C10H13Cl2NO. The van der Waals surface area contributed by atoms with Crippen LogP contribution in [0.2, 0.25) is 5.02 Å². The molecule has 0 aliphatic carbocycles. The van der Waals surface area contributed by atoms with Crippen LogP contribution in [0.15, 0.2) is 12.1 Å². The first kappa shape index (κ1) is 11.6. The highest BCUT2D eigenvalue weighted by Crippen LogP contribution is 2.35. The van der Waals surface area contributed by atoms with Gasteiger partial charge in [0.05, 0.1) is 6.61 Å². The maximum absolute atomic E-state index is 5.95. The minimum Gasteiger partial charge on any atom is -0.493 e. The van der Waals surface area contributed by atoms with E-state index in [1.54, 1.807) is 0 Å². The van der Waals surface area contributed by atoms with Gasteiger partial charge in [-0.3, -0.25) is 0 Å². The average Bonchev–Trinajstić information content (AvgIpc) is 2.07. The Hall–Kier alpha value is -0.440. The van der Waals surface area contributed by atoms with Gasteiger partial charge in [-0.1, -0.05) is 11.6 Å². The predicted octanol–water partition coefficient (Wildman–Crippen LogP) is 2.85. The third-order valence-corrected chi connectivity index (χ3v) is 2.56. The first-order valence-corrected chi connectivity index (χ1v) is 4.74. The van der Waals surface area contributed by atoms with Crippen molar-refractivity contribution < 1.29 is 4.74 Å². The Morgan fingerprint density at radius 2 is 2.21 bits per heavy atom. The zero-order chi connectivity index (χ0) is 9.42. The van der Waals surface area contributed by atoms with Crippen molar-refractivity contribution >= 4 is 24.0 Å². The number of fused-ring (bicyclic) bond motifs is 1. The molecule has 0 saturated heterocycles. The largest absolute Gasteiger partial charge is 0.493 e. The molecule has 4 heteroatoms. The summed E-state index contributed by atoms with van der Waals surface area (Å²) in [5, 5.41) is 0.734. The number of hydrogen-bond acceptors (Lipinski definition) is 2. The maximum Gasteiger partial charge on any atom is 0.127 e. The molecule has 2 rings (SSSR count). The van der Waals surface area contributed by atoms with E-state index in [1.165, 1.54) is 0 Å². The lowest BCUT2D eigenvalue weighted by Gasteiger charge is -2.24. The molecule has 1 aromatic rings. The van der Waals surface area contributed by atoms with Gasteiger partial charge in [0.2, 0.25) is 0 Å². The van der Waals surface area contributed by atoms with E-state index in [1.807, 2.05) is 19.1 Å². The standard InChI is InChI=1S/C10H12ClNO.ClH/c1-6-4-7(11)5-8-9(12)2-3-13-10(6)8;/h4-5,9H,2-3,12H2,1H3;1H/t9-;/m0./s1. The van der Waals surface area contributed by atoms with Crippen LogP contribution in [0.1, 0.15) is 23.6 Å². The fourth-order valence-corrected chi connectivity index (χ4v) is 1.95. The Morgan fingerprint density at radius 3 is 2.93 bits per heavy atom. The summed E-state index contributed by atoms with van der Waals surface area (Å²) >= 11 is 5.94. The highest BCUT2D eigenvalue weighted by Gasteiger charge is 2.19. The fraction of sp³-hybridized carbons (Fsp3) is 0.400. The van der Waals surface area contributed by atoms with E-state index in [0.29, 0.717) is 6.61 Å². The predicted molar refractivity (Wildman–Crippen MR) is 60.5 cm³/mol. The number of rotatable bonds is 0. The Kier molecular flexibility index (Phi) is 3.65. The molecule has 1 heterocycles. The van der Waals surface area contributed by atoms with Gasteiger partial charge in [0.1, 0.15) is 5.75 Å². The van der Waals surface area contributed by atoms with Crippen LogP contribution in [0.4, 0.5) is 0 Å². The van der Waals surface area contributed by atoms with Gasteiger partial charge < -0.3 is 10.5 Å². The third-order valence-electron chi connectivity index (χ3n) is 2.34. The molecule has 1 aliphatic heterocycles. The highest BCUT2D eigenvalue weighted by atomic mass is 35.5. The normalized spacial score (nSPS) is 19.2. The third kappa shape index (κ3) is 1.97. The molecule has 0 spiro atoms. The van der Waals surface area contributed by atoms with Crippen LogP contribution >= 0.6 is 24.0 Å². The van der Waals surface area contributed by atoms with E-state index in [4.69, 9.17) is 22.1 Å². The van der Waals surface area contributed by atoms with Crippen molar-refractivity contribution in [3.8, 4) is 5.75 Å². The van der Waals surface area contributed by atoms with Gasteiger partial charge >= 0.3 is 0 Å². The fourth-order valence-electron chi connectivity index (χ4n) is 1.67. The Labute approximate surface area is 94.8 Å². The SMILES string of the molecule is Cc1cc(Cl)cc2c1OCC[C@@H]2N.Cl. The lowest BCUT2D eigenvalue weighted by molar-refractivity contribution is 0.267. The molecule has 78 valence electrons. The number of aryl methyl sites for hydroxylation is 1. The second-order valence-corrected chi connectivity index (χ2v) is 3.82. The first-order valence-electron chi connectivity index (χ1n) is 4.37. The van der Waals surface area contributed by atoms with Crippen molar-refractivity contribution in [3.05, 3.63) is 28.3 Å². The van der Waals surface area contributed by atoms with Gasteiger partial charge in [0.25, 0.3) is 0 Å². The highest BCUT2D eigenvalue weighted by molar-refractivity contribution is 6.30. The lowest BCUT2D eigenvalue weighted by atomic mass is 9.99. The molecule has 14 heavy (non-hydrogen) atoms. The molecule has 0 fully saturated rings. The lowest BCUT2D eigenvalue weighted by Crippen LogP contribution is -2.21. The van der Waals surface area contributed by atoms with Crippen LogP contribution in [-0.2, 0) is 0 Å². The molecule has 0 bridgehead atoms. The zero-order valence-electron chi connectivity index (χ0n) is 7.92. The number of ether oxygens (including phenoxy) is 1. The molecule has 0 unspecified atom stereocenters. The van der Waals surface area contributed by atoms with E-state index in [9.17, 15) is 0 Å². The monoisotopic (exact) mass is 233 g/mol. The quantitative estimate of drug-likeness (QED) is 0.749. The molecule has 1 aliphatic rings. The Bertz CT molecular complexity index is 341. The maximum atomic E-state index is 5.95. The van der Waals surface area contributed by atoms with Crippen molar-refractivity contribution in [2.24, 2.45) is 5.73 Å². The molecule has 0 saturated carbocycles. The van der Waals surface area contributed by atoms with E-state index in [-0.39, 0.29) is 18.4 Å². The summed E-state index contributed by atoms with van der Waals surface area (Å²) in [6, 6.07) is 3.87. The molecule has 1 atom stereocenters. The summed E-state index contributed by atoms with van der Waals surface area (Å²) in [6.07, 6.45) is 0.868. The van der Waals surface area contributed by atoms with E-state index < -0.39 is 0 Å². The summed E-state index contributed by atoms with van der Waals surface area (Å²) in [4.78, 5) is 0. The van der Waals surface area contributed by atoms with Crippen molar-refractivity contribution in [2.45, 2.75) is 19.4 Å². The van der Waals surface area contributed by atoms with Crippen LogP contribution in [0, 0.1) is 6.92 Å². The average molecular weight is 234 g/mol. The summed E-state index contributed by atoms with van der Waals surface area (Å²) < 4.78 is 5.54. The minimum atomic E-state index is 0. The van der Waals surface area contributed by atoms with Gasteiger partial charge in [-0.15, -0.1) is 12.4 Å². The van der Waals surface area contributed by atoms with E-state index >= 15 is 0 Å². The molecule has 0 aromatic heterocycles. The van der Waals surface area contributed by atoms with Gasteiger partial charge in [0.15, 0.2) is 0 Å². The van der Waals surface area contributed by atoms with Gasteiger partial charge in [-0.25, -0.2) is 0 Å². The Morgan fingerprint density at radius 1 is 1.50 bits per heavy atom. The summed E-state index contributed by atoms with van der Waals surface area (Å²) in [7, 11) is 0. The van der Waals surface area contributed by atoms with Gasteiger partial charge in [-0.05, 0) is 24.6 Å². The molecule has 1 aromatic carbocycles. The van der Waals surface area contributed by atoms with Crippen LogP contribution in [0.3, 0.4) is 0 Å². The second kappa shape index (κ2) is 4.39. The van der Waals surface area contributed by atoms with Crippen LogP contribution < -0.4 is 10.5 Å². The number of nitrogens with two attached hydrogens (primary N) is 1. The summed E-state index contributed by atoms with van der Waals surface area (Å²) in [5.74, 6) is 0.920. The molecule has 0 radical (unpaired) electrons. The first-order chi connectivity index (χ1) is 6.18. The molecule has 2 N–H and O–H groups in total.